The van der Waals surface area contributed by atoms with Crippen molar-refractivity contribution in [3.8, 4) is 0 Å². The van der Waals surface area contributed by atoms with E-state index in [-0.39, 0.29) is 12.1 Å². The van der Waals surface area contributed by atoms with E-state index < -0.39 is 0 Å². The van der Waals surface area contributed by atoms with Gasteiger partial charge in [-0.2, -0.15) is 0 Å². The molecule has 0 radical (unpaired) electrons. The topological polar surface area (TPSA) is 52.4 Å². The van der Waals surface area contributed by atoms with Gasteiger partial charge in [-0.25, -0.2) is 9.98 Å². The van der Waals surface area contributed by atoms with E-state index in [2.05, 4.69) is 34.3 Å². The number of hydrogen-bond acceptors (Lipinski definition) is 5. The van der Waals surface area contributed by atoms with Crippen molar-refractivity contribution in [2.45, 2.75) is 12.1 Å². The molecule has 0 amide bonds. The zero-order chi connectivity index (χ0) is 16.9. The van der Waals surface area contributed by atoms with Crippen LogP contribution in [0.15, 0.2) is 70.6 Å². The maximum atomic E-state index is 5.66. The quantitative estimate of drug-likeness (QED) is 0.813. The molecule has 128 valence electrons. The predicted molar refractivity (Wildman–Crippen MR) is 96.0 cm³/mol. The van der Waals surface area contributed by atoms with Crippen LogP contribution in [0.5, 0.6) is 0 Å². The molecule has 0 N–H and O–H groups in total. The number of aliphatic imine (C=N–C) groups is 2. The molecule has 0 aromatic heterocycles. The highest BCUT2D eigenvalue weighted by molar-refractivity contribution is 5.81. The average molecular weight is 336 g/mol. The van der Waals surface area contributed by atoms with E-state index in [9.17, 15) is 0 Å². The summed E-state index contributed by atoms with van der Waals surface area (Å²) in [4.78, 5) is 9.15. The molecule has 0 aliphatic carbocycles. The molecule has 0 bridgehead atoms. The number of ether oxygens (including phenoxy) is 3. The third-order valence-corrected chi connectivity index (χ3v) is 4.24. The van der Waals surface area contributed by atoms with E-state index in [0.29, 0.717) is 38.2 Å². The number of benzene rings is 2. The molecule has 2 heterocycles. The first-order valence-corrected chi connectivity index (χ1v) is 8.45. The fourth-order valence-electron chi connectivity index (χ4n) is 2.92. The van der Waals surface area contributed by atoms with Crippen molar-refractivity contribution >= 4 is 11.8 Å². The van der Waals surface area contributed by atoms with Crippen molar-refractivity contribution in [1.29, 1.82) is 0 Å². The molecular formula is C20H20N2O3. The van der Waals surface area contributed by atoms with Crippen LogP contribution in [-0.2, 0) is 14.2 Å². The second-order valence-electron chi connectivity index (χ2n) is 6.01. The molecule has 0 spiro atoms. The van der Waals surface area contributed by atoms with Crippen molar-refractivity contribution in [2.75, 3.05) is 26.4 Å². The molecule has 5 nitrogen and oxygen atoms in total. The Labute approximate surface area is 147 Å². The minimum Gasteiger partial charge on any atom is -0.477 e. The monoisotopic (exact) mass is 336 g/mol. The van der Waals surface area contributed by atoms with Gasteiger partial charge in [0.1, 0.15) is 38.5 Å². The molecule has 4 rings (SSSR count). The Hall–Kier alpha value is -2.66. The molecule has 2 aliphatic rings. The fourth-order valence-corrected chi connectivity index (χ4v) is 2.92. The van der Waals surface area contributed by atoms with Crippen LogP contribution in [0.1, 0.15) is 23.2 Å². The summed E-state index contributed by atoms with van der Waals surface area (Å²) in [6.07, 6.45) is 0. The van der Waals surface area contributed by atoms with Gasteiger partial charge >= 0.3 is 0 Å². The summed E-state index contributed by atoms with van der Waals surface area (Å²) in [6, 6.07) is 20.4. The van der Waals surface area contributed by atoms with Crippen LogP contribution in [0.2, 0.25) is 0 Å². The number of rotatable bonds is 6. The lowest BCUT2D eigenvalue weighted by Crippen LogP contribution is -2.15. The minimum atomic E-state index is 0.0577. The minimum absolute atomic E-state index is 0.0577. The largest absolute Gasteiger partial charge is 0.477 e. The summed E-state index contributed by atoms with van der Waals surface area (Å²) in [6.45, 7) is 1.80. The van der Waals surface area contributed by atoms with Crippen LogP contribution >= 0.6 is 0 Å². The van der Waals surface area contributed by atoms with Crippen molar-refractivity contribution in [1.82, 2.24) is 0 Å². The molecule has 0 saturated heterocycles. The van der Waals surface area contributed by atoms with Crippen LogP contribution in [0, 0.1) is 0 Å². The molecule has 2 atom stereocenters. The molecule has 0 fully saturated rings. The van der Waals surface area contributed by atoms with Crippen LogP contribution in [0.25, 0.3) is 0 Å². The molecule has 2 aromatic rings. The van der Waals surface area contributed by atoms with Crippen molar-refractivity contribution in [3.63, 3.8) is 0 Å². The van der Waals surface area contributed by atoms with Crippen molar-refractivity contribution in [2.24, 2.45) is 9.98 Å². The van der Waals surface area contributed by atoms with Gasteiger partial charge in [-0.1, -0.05) is 60.7 Å². The molecule has 25 heavy (non-hydrogen) atoms. The molecule has 2 aliphatic heterocycles. The van der Waals surface area contributed by atoms with E-state index in [4.69, 9.17) is 14.2 Å². The lowest BCUT2D eigenvalue weighted by molar-refractivity contribution is 0.171. The Balaban J connectivity index is 1.27. The van der Waals surface area contributed by atoms with Gasteiger partial charge in [0.25, 0.3) is 0 Å². The van der Waals surface area contributed by atoms with Crippen molar-refractivity contribution in [3.05, 3.63) is 71.8 Å². The highest BCUT2D eigenvalue weighted by Crippen LogP contribution is 2.24. The van der Waals surface area contributed by atoms with Crippen LogP contribution < -0.4 is 0 Å². The highest BCUT2D eigenvalue weighted by atomic mass is 16.6. The normalized spacial score (nSPS) is 22.1. The van der Waals surface area contributed by atoms with Crippen molar-refractivity contribution < 1.29 is 14.2 Å². The van der Waals surface area contributed by atoms with Gasteiger partial charge in [0.05, 0.1) is 0 Å². The Kier molecular flexibility index (Phi) is 4.74. The van der Waals surface area contributed by atoms with Crippen LogP contribution in [0.4, 0.5) is 0 Å². The number of nitrogens with zero attached hydrogens (tertiary/aromatic N) is 2. The highest BCUT2D eigenvalue weighted by Gasteiger charge is 2.22. The summed E-state index contributed by atoms with van der Waals surface area (Å²) in [5, 5.41) is 0. The molecule has 0 unspecified atom stereocenters. The van der Waals surface area contributed by atoms with E-state index in [1.807, 2.05) is 36.4 Å². The Morgan fingerprint density at radius 1 is 0.720 bits per heavy atom. The summed E-state index contributed by atoms with van der Waals surface area (Å²) >= 11 is 0. The lowest BCUT2D eigenvalue weighted by Gasteiger charge is -2.04. The summed E-state index contributed by atoms with van der Waals surface area (Å²) in [7, 11) is 0. The Bertz CT molecular complexity index is 694. The fraction of sp³-hybridized carbons (Fsp3) is 0.300. The SMILES string of the molecule is c1ccc([C@@H]2COC(COCC3=N[C@@H](c4ccccc4)CO3)=N2)cc1. The van der Waals surface area contributed by atoms with Gasteiger partial charge < -0.3 is 14.2 Å². The first-order chi connectivity index (χ1) is 12.4. The zero-order valence-electron chi connectivity index (χ0n) is 13.9. The van der Waals surface area contributed by atoms with Gasteiger partial charge in [0.2, 0.25) is 11.8 Å². The maximum Gasteiger partial charge on any atom is 0.210 e. The van der Waals surface area contributed by atoms with E-state index in [1.54, 1.807) is 0 Å². The molecular weight excluding hydrogens is 316 g/mol. The summed E-state index contributed by atoms with van der Waals surface area (Å²) < 4.78 is 16.9. The zero-order valence-corrected chi connectivity index (χ0v) is 13.9. The lowest BCUT2D eigenvalue weighted by atomic mass is 10.1. The van der Waals surface area contributed by atoms with Gasteiger partial charge in [0, 0.05) is 0 Å². The Morgan fingerprint density at radius 3 is 1.60 bits per heavy atom. The molecule has 0 saturated carbocycles. The first kappa shape index (κ1) is 15.8. The third kappa shape index (κ3) is 3.88. The van der Waals surface area contributed by atoms with Gasteiger partial charge in [-0.05, 0) is 11.1 Å². The van der Waals surface area contributed by atoms with E-state index in [1.165, 1.54) is 0 Å². The van der Waals surface area contributed by atoms with Gasteiger partial charge in [-0.3, -0.25) is 0 Å². The molecule has 5 heteroatoms. The standard InChI is InChI=1S/C20H20N2O3/c1-3-7-15(8-4-1)17-11-24-19(21-17)13-23-14-20-22-18(12-25-20)16-9-5-2-6-10-16/h1-10,17-18H,11-14H2/t17-,18+. The number of hydrogen-bond donors (Lipinski definition) is 0. The summed E-state index contributed by atoms with van der Waals surface area (Å²) in [5.74, 6) is 1.26. The smallest absolute Gasteiger partial charge is 0.210 e. The average Bonchev–Trinajstić information content (AvgIpc) is 3.33. The maximum absolute atomic E-state index is 5.66. The van der Waals surface area contributed by atoms with Crippen LogP contribution in [-0.4, -0.2) is 38.2 Å². The van der Waals surface area contributed by atoms with E-state index in [0.717, 1.165) is 11.1 Å². The predicted octanol–water partition coefficient (Wildman–Crippen LogP) is 3.34. The molecule has 2 aromatic carbocycles. The van der Waals surface area contributed by atoms with E-state index >= 15 is 0 Å². The first-order valence-electron chi connectivity index (χ1n) is 8.45. The Morgan fingerprint density at radius 2 is 1.16 bits per heavy atom. The van der Waals surface area contributed by atoms with Gasteiger partial charge in [0.15, 0.2) is 0 Å². The third-order valence-electron chi connectivity index (χ3n) is 4.24. The summed E-state index contributed by atoms with van der Waals surface area (Å²) in [5.41, 5.74) is 2.32. The van der Waals surface area contributed by atoms with Gasteiger partial charge in [-0.15, -0.1) is 0 Å². The van der Waals surface area contributed by atoms with Crippen LogP contribution in [0.3, 0.4) is 0 Å². The second-order valence-corrected chi connectivity index (χ2v) is 6.01. The second kappa shape index (κ2) is 7.49.